The predicted octanol–water partition coefficient (Wildman–Crippen LogP) is 4.21. The predicted molar refractivity (Wildman–Crippen MR) is 117 cm³/mol. The average molecular weight is 385 g/mol. The molecule has 0 aliphatic carbocycles. The number of hydrogen-bond acceptors (Lipinski definition) is 3. The highest BCUT2D eigenvalue weighted by molar-refractivity contribution is 6.10. The van der Waals surface area contributed by atoms with Crippen LogP contribution in [0.1, 0.15) is 26.3 Å². The highest BCUT2D eigenvalue weighted by Crippen LogP contribution is 2.29. The number of benzene rings is 3. The number of anilines is 3. The Bertz CT molecular complexity index is 1060. The fourth-order valence-electron chi connectivity index (χ4n) is 3.54. The summed E-state index contributed by atoms with van der Waals surface area (Å²) in [6, 6.07) is 22.4. The van der Waals surface area contributed by atoms with Crippen LogP contribution in [0.3, 0.4) is 0 Å². The fourth-order valence-corrected chi connectivity index (χ4v) is 3.54. The van der Waals surface area contributed by atoms with Gasteiger partial charge in [-0.15, -0.1) is 0 Å². The second-order valence-corrected chi connectivity index (χ2v) is 7.31. The summed E-state index contributed by atoms with van der Waals surface area (Å²) in [5.74, 6) is -0.320. The van der Waals surface area contributed by atoms with Crippen molar-refractivity contribution in [2.45, 2.75) is 6.42 Å². The minimum Gasteiger partial charge on any atom is -0.378 e. The van der Waals surface area contributed by atoms with Crippen molar-refractivity contribution in [3.05, 3.63) is 89.5 Å². The van der Waals surface area contributed by atoms with Crippen LogP contribution in [0.15, 0.2) is 72.8 Å². The molecular formula is C24H23N3O2. The van der Waals surface area contributed by atoms with Crippen molar-refractivity contribution >= 4 is 28.9 Å². The zero-order valence-electron chi connectivity index (χ0n) is 16.6. The lowest BCUT2D eigenvalue weighted by Gasteiger charge is -2.17. The molecule has 4 rings (SSSR count). The van der Waals surface area contributed by atoms with Crippen molar-refractivity contribution in [1.29, 1.82) is 0 Å². The van der Waals surface area contributed by atoms with Gasteiger partial charge in [0.2, 0.25) is 0 Å². The molecule has 3 aromatic rings. The van der Waals surface area contributed by atoms with E-state index in [9.17, 15) is 9.59 Å². The Labute approximate surface area is 170 Å². The molecule has 0 fully saturated rings. The number of nitrogens with zero attached hydrogens (tertiary/aromatic N) is 2. The van der Waals surface area contributed by atoms with Gasteiger partial charge in [-0.2, -0.15) is 0 Å². The molecule has 0 radical (unpaired) electrons. The van der Waals surface area contributed by atoms with Gasteiger partial charge in [0.15, 0.2) is 0 Å². The molecule has 0 unspecified atom stereocenters. The first-order valence-corrected chi connectivity index (χ1v) is 9.61. The second kappa shape index (κ2) is 7.80. The van der Waals surface area contributed by atoms with Gasteiger partial charge in [0, 0.05) is 48.8 Å². The quantitative estimate of drug-likeness (QED) is 0.732. The van der Waals surface area contributed by atoms with Crippen LogP contribution in [0.2, 0.25) is 0 Å². The Kier molecular flexibility index (Phi) is 5.04. The third-order valence-corrected chi connectivity index (χ3v) is 5.15. The molecule has 29 heavy (non-hydrogen) atoms. The fraction of sp³-hybridized carbons (Fsp3) is 0.167. The first-order valence-electron chi connectivity index (χ1n) is 9.61. The number of rotatable bonds is 4. The molecule has 146 valence electrons. The van der Waals surface area contributed by atoms with E-state index in [1.807, 2.05) is 67.5 Å². The third kappa shape index (κ3) is 3.85. The van der Waals surface area contributed by atoms with E-state index in [-0.39, 0.29) is 11.8 Å². The van der Waals surface area contributed by atoms with Gasteiger partial charge in [0.05, 0.1) is 0 Å². The van der Waals surface area contributed by atoms with E-state index < -0.39 is 0 Å². The van der Waals surface area contributed by atoms with Gasteiger partial charge in [-0.25, -0.2) is 0 Å². The van der Waals surface area contributed by atoms with E-state index in [2.05, 4.69) is 5.32 Å². The molecule has 0 atom stereocenters. The molecule has 1 aliphatic rings. The summed E-state index contributed by atoms with van der Waals surface area (Å²) >= 11 is 0. The van der Waals surface area contributed by atoms with Gasteiger partial charge >= 0.3 is 0 Å². The monoisotopic (exact) mass is 385 g/mol. The molecule has 1 heterocycles. The number of fused-ring (bicyclic) bond motifs is 1. The van der Waals surface area contributed by atoms with E-state index in [1.165, 1.54) is 5.56 Å². The van der Waals surface area contributed by atoms with E-state index in [0.717, 1.165) is 17.8 Å². The van der Waals surface area contributed by atoms with Crippen LogP contribution >= 0.6 is 0 Å². The molecule has 3 aromatic carbocycles. The van der Waals surface area contributed by atoms with E-state index in [0.29, 0.717) is 23.4 Å². The average Bonchev–Trinajstić information content (AvgIpc) is 3.18. The Hall–Kier alpha value is -3.60. The summed E-state index contributed by atoms with van der Waals surface area (Å²) in [5, 5.41) is 2.89. The Morgan fingerprint density at radius 2 is 1.62 bits per heavy atom. The molecule has 1 aliphatic heterocycles. The van der Waals surface area contributed by atoms with Gasteiger partial charge in [0.1, 0.15) is 0 Å². The summed E-state index contributed by atoms with van der Waals surface area (Å²) in [5.41, 5.74) is 4.87. The topological polar surface area (TPSA) is 52.7 Å². The summed E-state index contributed by atoms with van der Waals surface area (Å²) in [4.78, 5) is 29.5. The number of para-hydroxylation sites is 1. The van der Waals surface area contributed by atoms with Gasteiger partial charge in [-0.3, -0.25) is 9.59 Å². The Balaban J connectivity index is 1.51. The standard InChI is InChI=1S/C24H23N3O2/c1-26(2)21-12-10-20(11-13-21)25-23(28)18-7-5-8-19(16-18)24(29)27-15-14-17-6-3-4-9-22(17)27/h3-13,16H,14-15H2,1-2H3,(H,25,28). The highest BCUT2D eigenvalue weighted by Gasteiger charge is 2.25. The largest absolute Gasteiger partial charge is 0.378 e. The van der Waals surface area contributed by atoms with Crippen molar-refractivity contribution in [3.63, 3.8) is 0 Å². The van der Waals surface area contributed by atoms with Crippen molar-refractivity contribution in [2.75, 3.05) is 35.8 Å². The minimum absolute atomic E-state index is 0.0834. The first-order chi connectivity index (χ1) is 14.0. The minimum atomic E-state index is -0.237. The van der Waals surface area contributed by atoms with Crippen molar-refractivity contribution in [3.8, 4) is 0 Å². The van der Waals surface area contributed by atoms with Gasteiger partial charge in [-0.1, -0.05) is 24.3 Å². The zero-order valence-corrected chi connectivity index (χ0v) is 16.6. The lowest BCUT2D eigenvalue weighted by molar-refractivity contribution is 0.0989. The number of carbonyl (C=O) groups excluding carboxylic acids is 2. The number of amides is 2. The number of nitrogens with one attached hydrogen (secondary N) is 1. The van der Waals surface area contributed by atoms with Crippen LogP contribution in [0.5, 0.6) is 0 Å². The molecule has 2 amide bonds. The summed E-state index contributed by atoms with van der Waals surface area (Å²) in [6.45, 7) is 0.660. The molecule has 0 spiro atoms. The number of carbonyl (C=O) groups is 2. The molecule has 0 saturated carbocycles. The molecule has 0 bridgehead atoms. The van der Waals surface area contributed by atoms with E-state index in [4.69, 9.17) is 0 Å². The molecular weight excluding hydrogens is 362 g/mol. The third-order valence-electron chi connectivity index (χ3n) is 5.15. The lowest BCUT2D eigenvalue weighted by atomic mass is 10.1. The molecule has 5 heteroatoms. The Morgan fingerprint density at radius 1 is 0.897 bits per heavy atom. The summed E-state index contributed by atoms with van der Waals surface area (Å²) in [7, 11) is 3.93. The normalized spacial score (nSPS) is 12.4. The Morgan fingerprint density at radius 3 is 2.38 bits per heavy atom. The van der Waals surface area contributed by atoms with Crippen molar-refractivity contribution < 1.29 is 9.59 Å². The van der Waals surface area contributed by atoms with E-state index >= 15 is 0 Å². The molecule has 5 nitrogen and oxygen atoms in total. The molecule has 0 aromatic heterocycles. The first kappa shape index (κ1) is 18.7. The van der Waals surface area contributed by atoms with Gasteiger partial charge in [0.25, 0.3) is 11.8 Å². The second-order valence-electron chi connectivity index (χ2n) is 7.31. The SMILES string of the molecule is CN(C)c1ccc(NC(=O)c2cccc(C(=O)N3CCc4ccccc43)c2)cc1. The number of hydrogen-bond donors (Lipinski definition) is 1. The van der Waals surface area contributed by atoms with Crippen LogP contribution in [0.4, 0.5) is 17.1 Å². The van der Waals surface area contributed by atoms with Gasteiger partial charge in [-0.05, 0) is 60.5 Å². The summed E-state index contributed by atoms with van der Waals surface area (Å²) in [6.07, 6.45) is 0.852. The van der Waals surface area contributed by atoms with Crippen molar-refractivity contribution in [2.24, 2.45) is 0 Å². The van der Waals surface area contributed by atoms with Crippen LogP contribution in [0.25, 0.3) is 0 Å². The zero-order chi connectivity index (χ0) is 20.4. The van der Waals surface area contributed by atoms with Crippen LogP contribution in [-0.2, 0) is 6.42 Å². The van der Waals surface area contributed by atoms with Crippen molar-refractivity contribution in [1.82, 2.24) is 0 Å². The van der Waals surface area contributed by atoms with Crippen LogP contribution in [0, 0.1) is 0 Å². The maximum absolute atomic E-state index is 13.0. The highest BCUT2D eigenvalue weighted by atomic mass is 16.2. The summed E-state index contributed by atoms with van der Waals surface area (Å²) < 4.78 is 0. The van der Waals surface area contributed by atoms with Crippen LogP contribution in [-0.4, -0.2) is 32.5 Å². The van der Waals surface area contributed by atoms with Crippen LogP contribution < -0.4 is 15.1 Å². The molecule has 1 N–H and O–H groups in total. The smallest absolute Gasteiger partial charge is 0.258 e. The maximum atomic E-state index is 13.0. The maximum Gasteiger partial charge on any atom is 0.258 e. The lowest BCUT2D eigenvalue weighted by Crippen LogP contribution is -2.29. The van der Waals surface area contributed by atoms with Gasteiger partial charge < -0.3 is 15.1 Å². The molecule has 0 saturated heterocycles. The van der Waals surface area contributed by atoms with E-state index in [1.54, 1.807) is 29.2 Å².